The fourth-order valence-electron chi connectivity index (χ4n) is 3.27. The highest BCUT2D eigenvalue weighted by molar-refractivity contribution is 5.37. The molecule has 1 N–H and O–H groups in total. The van der Waals surface area contributed by atoms with Gasteiger partial charge in [0, 0.05) is 31.8 Å². The lowest BCUT2D eigenvalue weighted by atomic mass is 9.85. The third-order valence-corrected chi connectivity index (χ3v) is 4.60. The van der Waals surface area contributed by atoms with Crippen molar-refractivity contribution in [3.8, 4) is 0 Å². The minimum Gasteiger partial charge on any atom is -0.373 e. The molecule has 0 aromatic carbocycles. The predicted molar refractivity (Wildman–Crippen MR) is 79.9 cm³/mol. The molecule has 0 spiro atoms. The molecule has 0 saturated heterocycles. The summed E-state index contributed by atoms with van der Waals surface area (Å²) in [4.78, 5) is 9.47. The zero-order valence-corrected chi connectivity index (χ0v) is 12.6. The number of methoxy groups -OCH3 is 1. The minimum atomic E-state index is 0.0566. The molecule has 4 heteroatoms. The maximum atomic E-state index is 5.78. The molecule has 3 rings (SSSR count). The molecule has 1 aromatic heterocycles. The minimum absolute atomic E-state index is 0.0566. The van der Waals surface area contributed by atoms with Gasteiger partial charge in [0.1, 0.15) is 11.9 Å². The van der Waals surface area contributed by atoms with Gasteiger partial charge in [0.2, 0.25) is 0 Å². The van der Waals surface area contributed by atoms with Crippen LogP contribution in [0, 0.1) is 5.92 Å². The summed E-state index contributed by atoms with van der Waals surface area (Å²) in [5.41, 5.74) is 1.19. The maximum absolute atomic E-state index is 5.78. The van der Waals surface area contributed by atoms with Gasteiger partial charge in [0.05, 0.1) is 0 Å². The Morgan fingerprint density at radius 1 is 1.15 bits per heavy atom. The first-order valence-corrected chi connectivity index (χ1v) is 7.91. The molecule has 2 fully saturated rings. The predicted octanol–water partition coefficient (Wildman–Crippen LogP) is 3.66. The summed E-state index contributed by atoms with van der Waals surface area (Å²) in [6, 6.07) is 2.09. The van der Waals surface area contributed by atoms with Crippen molar-refractivity contribution in [3.05, 3.63) is 17.6 Å². The average Bonchev–Trinajstić information content (AvgIpc) is 3.33. The third kappa shape index (κ3) is 2.95. The van der Waals surface area contributed by atoms with Crippen LogP contribution in [0.1, 0.15) is 68.5 Å². The highest BCUT2D eigenvalue weighted by Gasteiger charge is 2.30. The first-order valence-electron chi connectivity index (χ1n) is 7.91. The molecule has 0 amide bonds. The standard InChI is InChI=1S/C16H25N3O/c1-17-14-10-13(11-8-9-11)18-16(19-14)15(20-2)12-6-4-3-5-7-12/h10-12,15H,3-9H2,1-2H3,(H,17,18,19). The lowest BCUT2D eigenvalue weighted by Gasteiger charge is -2.28. The summed E-state index contributed by atoms with van der Waals surface area (Å²) in [6.07, 6.45) is 9.05. The fraction of sp³-hybridized carbons (Fsp3) is 0.750. The summed E-state index contributed by atoms with van der Waals surface area (Å²) in [7, 11) is 3.72. The van der Waals surface area contributed by atoms with Crippen LogP contribution >= 0.6 is 0 Å². The normalized spacial score (nSPS) is 21.7. The zero-order valence-electron chi connectivity index (χ0n) is 12.6. The Kier molecular flexibility index (Phi) is 4.20. The smallest absolute Gasteiger partial charge is 0.160 e. The molecule has 1 atom stereocenters. The molecule has 2 aliphatic carbocycles. The molecule has 0 bridgehead atoms. The number of nitrogens with zero attached hydrogens (tertiary/aromatic N) is 2. The second-order valence-electron chi connectivity index (χ2n) is 6.11. The Morgan fingerprint density at radius 2 is 1.90 bits per heavy atom. The van der Waals surface area contributed by atoms with Gasteiger partial charge in [-0.15, -0.1) is 0 Å². The Labute approximate surface area is 121 Å². The van der Waals surface area contributed by atoms with Gasteiger partial charge >= 0.3 is 0 Å². The second-order valence-corrected chi connectivity index (χ2v) is 6.11. The fourth-order valence-corrected chi connectivity index (χ4v) is 3.27. The molecule has 2 saturated carbocycles. The SMILES string of the molecule is CNc1cc(C2CC2)nc(C(OC)C2CCCCC2)n1. The van der Waals surface area contributed by atoms with Crippen LogP contribution in [-0.4, -0.2) is 24.1 Å². The van der Waals surface area contributed by atoms with Crippen molar-refractivity contribution in [3.63, 3.8) is 0 Å². The highest BCUT2D eigenvalue weighted by atomic mass is 16.5. The number of hydrogen-bond acceptors (Lipinski definition) is 4. The first-order chi connectivity index (χ1) is 9.81. The van der Waals surface area contributed by atoms with Gasteiger partial charge < -0.3 is 10.1 Å². The van der Waals surface area contributed by atoms with E-state index in [1.54, 1.807) is 7.11 Å². The second kappa shape index (κ2) is 6.08. The topological polar surface area (TPSA) is 47.0 Å². The van der Waals surface area contributed by atoms with Crippen molar-refractivity contribution in [1.29, 1.82) is 0 Å². The van der Waals surface area contributed by atoms with E-state index < -0.39 is 0 Å². The van der Waals surface area contributed by atoms with Crippen LogP contribution in [0.25, 0.3) is 0 Å². The van der Waals surface area contributed by atoms with E-state index in [4.69, 9.17) is 9.72 Å². The van der Waals surface area contributed by atoms with Crippen molar-refractivity contribution in [2.45, 2.75) is 57.0 Å². The number of ether oxygens (including phenoxy) is 1. The number of rotatable bonds is 5. The lowest BCUT2D eigenvalue weighted by Crippen LogP contribution is -2.21. The maximum Gasteiger partial charge on any atom is 0.160 e. The van der Waals surface area contributed by atoms with Crippen LogP contribution in [-0.2, 0) is 4.74 Å². The van der Waals surface area contributed by atoms with Crippen LogP contribution in [0.4, 0.5) is 5.82 Å². The van der Waals surface area contributed by atoms with Crippen LogP contribution in [0.15, 0.2) is 6.07 Å². The van der Waals surface area contributed by atoms with Crippen molar-refractivity contribution in [2.75, 3.05) is 19.5 Å². The molecule has 1 aromatic rings. The molecule has 0 radical (unpaired) electrons. The number of hydrogen-bond donors (Lipinski definition) is 1. The Morgan fingerprint density at radius 3 is 2.50 bits per heavy atom. The average molecular weight is 275 g/mol. The van der Waals surface area contributed by atoms with Crippen LogP contribution in [0.3, 0.4) is 0 Å². The molecule has 2 aliphatic rings. The van der Waals surface area contributed by atoms with E-state index in [1.165, 1.54) is 50.6 Å². The van der Waals surface area contributed by atoms with E-state index in [0.29, 0.717) is 11.8 Å². The first kappa shape index (κ1) is 13.8. The summed E-state index contributed by atoms with van der Waals surface area (Å²) in [5.74, 6) is 3.03. The van der Waals surface area contributed by atoms with Crippen LogP contribution < -0.4 is 5.32 Å². The number of anilines is 1. The highest BCUT2D eigenvalue weighted by Crippen LogP contribution is 2.41. The summed E-state index contributed by atoms with van der Waals surface area (Å²) < 4.78 is 5.78. The molecule has 0 aliphatic heterocycles. The molecule has 1 heterocycles. The zero-order chi connectivity index (χ0) is 13.9. The van der Waals surface area contributed by atoms with Gasteiger partial charge in [-0.25, -0.2) is 9.97 Å². The van der Waals surface area contributed by atoms with Gasteiger partial charge in [-0.3, -0.25) is 0 Å². The van der Waals surface area contributed by atoms with E-state index in [-0.39, 0.29) is 6.10 Å². The molecular weight excluding hydrogens is 250 g/mol. The summed E-state index contributed by atoms with van der Waals surface area (Å²) >= 11 is 0. The van der Waals surface area contributed by atoms with E-state index in [2.05, 4.69) is 16.4 Å². The van der Waals surface area contributed by atoms with Gasteiger partial charge in [-0.2, -0.15) is 0 Å². The van der Waals surface area contributed by atoms with Gasteiger partial charge in [0.15, 0.2) is 5.82 Å². The third-order valence-electron chi connectivity index (χ3n) is 4.60. The Bertz CT molecular complexity index is 453. The van der Waals surface area contributed by atoms with Gasteiger partial charge in [-0.1, -0.05) is 19.3 Å². The largest absolute Gasteiger partial charge is 0.373 e. The summed E-state index contributed by atoms with van der Waals surface area (Å²) in [5, 5.41) is 3.17. The van der Waals surface area contributed by atoms with E-state index >= 15 is 0 Å². The Balaban J connectivity index is 1.87. The number of nitrogens with one attached hydrogen (secondary N) is 1. The lowest BCUT2D eigenvalue weighted by molar-refractivity contribution is 0.0288. The Hall–Kier alpha value is -1.16. The van der Waals surface area contributed by atoms with Crippen LogP contribution in [0.5, 0.6) is 0 Å². The van der Waals surface area contributed by atoms with Gasteiger partial charge in [-0.05, 0) is 31.6 Å². The van der Waals surface area contributed by atoms with Crippen LogP contribution in [0.2, 0.25) is 0 Å². The van der Waals surface area contributed by atoms with Crippen molar-refractivity contribution in [1.82, 2.24) is 9.97 Å². The van der Waals surface area contributed by atoms with Crippen molar-refractivity contribution >= 4 is 5.82 Å². The molecular formula is C16H25N3O. The quantitative estimate of drug-likeness (QED) is 0.890. The molecule has 4 nitrogen and oxygen atoms in total. The van der Waals surface area contributed by atoms with Crippen molar-refractivity contribution < 1.29 is 4.74 Å². The van der Waals surface area contributed by atoms with E-state index in [1.807, 2.05) is 7.05 Å². The molecule has 1 unspecified atom stereocenters. The van der Waals surface area contributed by atoms with E-state index in [9.17, 15) is 0 Å². The van der Waals surface area contributed by atoms with Gasteiger partial charge in [0.25, 0.3) is 0 Å². The van der Waals surface area contributed by atoms with Crippen molar-refractivity contribution in [2.24, 2.45) is 5.92 Å². The molecule has 20 heavy (non-hydrogen) atoms. The summed E-state index contributed by atoms with van der Waals surface area (Å²) in [6.45, 7) is 0. The monoisotopic (exact) mass is 275 g/mol. The number of aromatic nitrogens is 2. The van der Waals surface area contributed by atoms with E-state index in [0.717, 1.165) is 11.6 Å². The molecule has 110 valence electrons.